The van der Waals surface area contributed by atoms with Crippen LogP contribution in [0.5, 0.6) is 0 Å². The summed E-state index contributed by atoms with van der Waals surface area (Å²) in [6.07, 6.45) is 4.14. The molecule has 0 saturated heterocycles. The first kappa shape index (κ1) is 11.9. The summed E-state index contributed by atoms with van der Waals surface area (Å²) in [5.41, 5.74) is 2.46. The summed E-state index contributed by atoms with van der Waals surface area (Å²) >= 11 is 0. The Labute approximate surface area is 80.3 Å². The summed E-state index contributed by atoms with van der Waals surface area (Å²) in [6, 6.07) is 0. The van der Waals surface area contributed by atoms with E-state index < -0.39 is 0 Å². The molecule has 0 saturated carbocycles. The maximum Gasteiger partial charge on any atom is 0.309 e. The second-order valence-corrected chi connectivity index (χ2v) is 3.09. The molecule has 0 aliphatic heterocycles. The van der Waals surface area contributed by atoms with Crippen molar-refractivity contribution in [2.24, 2.45) is 0 Å². The predicted octanol–water partition coefficient (Wildman–Crippen LogP) is 2.85. The van der Waals surface area contributed by atoms with Crippen LogP contribution in [0.4, 0.5) is 0 Å². The largest absolute Gasteiger partial charge is 0.466 e. The molecule has 0 rings (SSSR count). The second-order valence-electron chi connectivity index (χ2n) is 3.09. The Bertz CT molecular complexity index is 220. The monoisotopic (exact) mass is 182 g/mol. The normalized spacial score (nSPS) is 10.2. The van der Waals surface area contributed by atoms with Crippen LogP contribution in [0.15, 0.2) is 23.3 Å². The second kappa shape index (κ2) is 6.46. The minimum absolute atomic E-state index is 0.166. The maximum absolute atomic E-state index is 10.9. The molecule has 0 unspecified atom stereocenters. The highest BCUT2D eigenvalue weighted by Gasteiger charge is 1.95. The highest BCUT2D eigenvalue weighted by Crippen LogP contribution is 2.03. The van der Waals surface area contributed by atoms with Crippen molar-refractivity contribution < 1.29 is 9.53 Å². The SMILES string of the molecule is CCOC(=O)C/C=C/C(C)=C(C)C. The first-order chi connectivity index (χ1) is 6.07. The Morgan fingerprint density at radius 3 is 2.38 bits per heavy atom. The van der Waals surface area contributed by atoms with E-state index in [-0.39, 0.29) is 5.97 Å². The molecule has 74 valence electrons. The van der Waals surface area contributed by atoms with E-state index in [9.17, 15) is 4.79 Å². The molecule has 13 heavy (non-hydrogen) atoms. The van der Waals surface area contributed by atoms with Gasteiger partial charge in [0.05, 0.1) is 13.0 Å². The zero-order valence-electron chi connectivity index (χ0n) is 8.89. The molecule has 0 heterocycles. The van der Waals surface area contributed by atoms with Crippen LogP contribution < -0.4 is 0 Å². The number of ether oxygens (including phenoxy) is 1. The first-order valence-electron chi connectivity index (χ1n) is 4.54. The van der Waals surface area contributed by atoms with E-state index in [1.165, 1.54) is 11.1 Å². The lowest BCUT2D eigenvalue weighted by Crippen LogP contribution is -2.01. The van der Waals surface area contributed by atoms with Crippen molar-refractivity contribution in [2.45, 2.75) is 34.1 Å². The third kappa shape index (κ3) is 6.14. The number of esters is 1. The molecule has 0 atom stereocenters. The molecule has 0 amide bonds. The average Bonchev–Trinajstić information content (AvgIpc) is 2.04. The molecule has 0 N–H and O–H groups in total. The Balaban J connectivity index is 3.89. The van der Waals surface area contributed by atoms with E-state index in [4.69, 9.17) is 4.74 Å². The quantitative estimate of drug-likeness (QED) is 0.493. The molecule has 0 aromatic carbocycles. The minimum Gasteiger partial charge on any atom is -0.466 e. The average molecular weight is 182 g/mol. The molecule has 0 spiro atoms. The summed E-state index contributed by atoms with van der Waals surface area (Å²) in [6.45, 7) is 8.38. The van der Waals surface area contributed by atoms with Gasteiger partial charge in [-0.3, -0.25) is 4.79 Å². The zero-order valence-corrected chi connectivity index (χ0v) is 8.89. The fraction of sp³-hybridized carbons (Fsp3) is 0.545. The topological polar surface area (TPSA) is 26.3 Å². The van der Waals surface area contributed by atoms with Gasteiger partial charge in [-0.05, 0) is 27.7 Å². The number of rotatable bonds is 4. The van der Waals surface area contributed by atoms with Gasteiger partial charge in [-0.2, -0.15) is 0 Å². The minimum atomic E-state index is -0.166. The van der Waals surface area contributed by atoms with Crippen molar-refractivity contribution in [1.29, 1.82) is 0 Å². The van der Waals surface area contributed by atoms with Gasteiger partial charge in [0, 0.05) is 0 Å². The highest BCUT2D eigenvalue weighted by molar-refractivity contribution is 5.71. The number of hydrogen-bond donors (Lipinski definition) is 0. The van der Waals surface area contributed by atoms with Gasteiger partial charge in [0.25, 0.3) is 0 Å². The molecule has 0 aliphatic rings. The van der Waals surface area contributed by atoms with Crippen molar-refractivity contribution in [3.05, 3.63) is 23.3 Å². The van der Waals surface area contributed by atoms with Crippen LogP contribution in [-0.4, -0.2) is 12.6 Å². The summed E-state index contributed by atoms with van der Waals surface area (Å²) in [7, 11) is 0. The van der Waals surface area contributed by atoms with Gasteiger partial charge in [-0.25, -0.2) is 0 Å². The highest BCUT2D eigenvalue weighted by atomic mass is 16.5. The number of carbonyl (C=O) groups excluding carboxylic acids is 1. The Morgan fingerprint density at radius 1 is 1.31 bits per heavy atom. The van der Waals surface area contributed by atoms with Gasteiger partial charge in [0.15, 0.2) is 0 Å². The molecule has 0 bridgehead atoms. The summed E-state index contributed by atoms with van der Waals surface area (Å²) in [4.78, 5) is 10.9. The Kier molecular flexibility index (Phi) is 5.94. The van der Waals surface area contributed by atoms with Gasteiger partial charge >= 0.3 is 5.97 Å². The van der Waals surface area contributed by atoms with Crippen molar-refractivity contribution in [2.75, 3.05) is 6.61 Å². The molecule has 0 aromatic heterocycles. The molecular formula is C11H18O2. The molecule has 2 nitrogen and oxygen atoms in total. The molecule has 0 aliphatic carbocycles. The van der Waals surface area contributed by atoms with Crippen molar-refractivity contribution in [3.8, 4) is 0 Å². The van der Waals surface area contributed by atoms with E-state index in [1.807, 2.05) is 39.8 Å². The summed E-state index contributed by atoms with van der Waals surface area (Å²) < 4.78 is 4.78. The van der Waals surface area contributed by atoms with Gasteiger partial charge in [-0.15, -0.1) is 0 Å². The third-order valence-electron chi connectivity index (χ3n) is 1.75. The number of allylic oxidation sites excluding steroid dienone is 3. The lowest BCUT2D eigenvalue weighted by molar-refractivity contribution is -0.142. The zero-order chi connectivity index (χ0) is 10.3. The van der Waals surface area contributed by atoms with E-state index in [2.05, 4.69) is 0 Å². The molecule has 0 radical (unpaired) electrons. The van der Waals surface area contributed by atoms with Crippen LogP contribution in [0.25, 0.3) is 0 Å². The van der Waals surface area contributed by atoms with E-state index in [1.54, 1.807) is 0 Å². The van der Waals surface area contributed by atoms with Crippen LogP contribution in [-0.2, 0) is 9.53 Å². The first-order valence-corrected chi connectivity index (χ1v) is 4.54. The fourth-order valence-electron chi connectivity index (χ4n) is 0.719. The van der Waals surface area contributed by atoms with Gasteiger partial charge < -0.3 is 4.74 Å². The van der Waals surface area contributed by atoms with E-state index >= 15 is 0 Å². The standard InChI is InChI=1S/C11H18O2/c1-5-13-11(12)8-6-7-10(4)9(2)3/h6-7H,5,8H2,1-4H3/b7-6+. The summed E-state index contributed by atoms with van der Waals surface area (Å²) in [5.74, 6) is -0.166. The lowest BCUT2D eigenvalue weighted by atomic mass is 10.1. The van der Waals surface area contributed by atoms with E-state index in [0.29, 0.717) is 13.0 Å². The molecule has 0 fully saturated rings. The smallest absolute Gasteiger partial charge is 0.309 e. The van der Waals surface area contributed by atoms with Gasteiger partial charge in [-0.1, -0.05) is 23.3 Å². The van der Waals surface area contributed by atoms with Crippen molar-refractivity contribution in [3.63, 3.8) is 0 Å². The van der Waals surface area contributed by atoms with Crippen LogP contribution >= 0.6 is 0 Å². The van der Waals surface area contributed by atoms with Crippen LogP contribution in [0.2, 0.25) is 0 Å². The van der Waals surface area contributed by atoms with Gasteiger partial charge in [0.1, 0.15) is 0 Å². The van der Waals surface area contributed by atoms with E-state index in [0.717, 1.165) is 0 Å². The fourth-order valence-corrected chi connectivity index (χ4v) is 0.719. The maximum atomic E-state index is 10.9. The molecule has 2 heteroatoms. The predicted molar refractivity (Wildman–Crippen MR) is 54.4 cm³/mol. The lowest BCUT2D eigenvalue weighted by Gasteiger charge is -1.97. The Hall–Kier alpha value is -1.05. The Morgan fingerprint density at radius 2 is 1.92 bits per heavy atom. The van der Waals surface area contributed by atoms with Crippen LogP contribution in [0.1, 0.15) is 34.1 Å². The van der Waals surface area contributed by atoms with Crippen LogP contribution in [0.3, 0.4) is 0 Å². The number of hydrogen-bond acceptors (Lipinski definition) is 2. The van der Waals surface area contributed by atoms with Gasteiger partial charge in [0.2, 0.25) is 0 Å². The summed E-state index contributed by atoms with van der Waals surface area (Å²) in [5, 5.41) is 0. The third-order valence-corrected chi connectivity index (χ3v) is 1.75. The van der Waals surface area contributed by atoms with Crippen molar-refractivity contribution in [1.82, 2.24) is 0 Å². The van der Waals surface area contributed by atoms with Crippen molar-refractivity contribution >= 4 is 5.97 Å². The number of carbonyl (C=O) groups is 1. The van der Waals surface area contributed by atoms with Crippen LogP contribution in [0, 0.1) is 0 Å². The molecular weight excluding hydrogens is 164 g/mol. The molecule has 0 aromatic rings.